The average Bonchev–Trinajstić information content (AvgIpc) is 3.67. The molecule has 0 spiro atoms. The molecule has 2 aliphatic rings. The summed E-state index contributed by atoms with van der Waals surface area (Å²) in [5.41, 5.74) is 1.57. The number of aromatic nitrogens is 2. The van der Waals surface area contributed by atoms with Gasteiger partial charge in [-0.1, -0.05) is 12.1 Å². The van der Waals surface area contributed by atoms with Crippen molar-refractivity contribution in [2.45, 2.75) is 42.9 Å². The summed E-state index contributed by atoms with van der Waals surface area (Å²) in [5, 5.41) is -0.0812. The van der Waals surface area contributed by atoms with Gasteiger partial charge < -0.3 is 23.7 Å². The van der Waals surface area contributed by atoms with Crippen molar-refractivity contribution in [2.75, 3.05) is 53.1 Å². The summed E-state index contributed by atoms with van der Waals surface area (Å²) in [7, 11) is -2.32. The lowest BCUT2D eigenvalue weighted by Gasteiger charge is -2.30. The standard InChI is InChI=1S/C30H37FN4O6S/c1-39-27-10-6-24(7-11-27)29(36)34(13-12-33-14-17-40-18-15-33)20-26-19-32-30(35(26)21-28-3-2-16-41-28)42(37,38)22-23-4-8-25(31)9-5-23/h4-11,19,28H,2-3,12-18,20-22H2,1H3/t28-/m1/s1. The molecule has 0 radical (unpaired) electrons. The summed E-state index contributed by atoms with van der Waals surface area (Å²) in [4.78, 5) is 22.1. The number of carbonyl (C=O) groups is 1. The Bertz CT molecular complexity index is 1430. The maximum Gasteiger partial charge on any atom is 0.254 e. The highest BCUT2D eigenvalue weighted by Crippen LogP contribution is 2.23. The van der Waals surface area contributed by atoms with Crippen molar-refractivity contribution >= 4 is 15.7 Å². The number of methoxy groups -OCH3 is 1. The molecular weight excluding hydrogens is 563 g/mol. The number of sulfone groups is 1. The third-order valence-corrected chi connectivity index (χ3v) is 9.22. The van der Waals surface area contributed by atoms with Crippen molar-refractivity contribution < 1.29 is 31.8 Å². The first-order chi connectivity index (χ1) is 20.3. The quantitative estimate of drug-likeness (QED) is 0.313. The summed E-state index contributed by atoms with van der Waals surface area (Å²) < 4.78 is 58.9. The second kappa shape index (κ2) is 13.8. The highest BCUT2D eigenvalue weighted by Gasteiger charge is 2.29. The molecule has 3 aromatic rings. The van der Waals surface area contributed by atoms with Gasteiger partial charge in [-0.15, -0.1) is 0 Å². The van der Waals surface area contributed by atoms with Gasteiger partial charge in [-0.3, -0.25) is 9.69 Å². The van der Waals surface area contributed by atoms with Crippen LogP contribution in [0.4, 0.5) is 4.39 Å². The SMILES string of the molecule is COc1ccc(C(=O)N(CCN2CCOCC2)Cc2cnc(S(=O)(=O)Cc3ccc(F)cc3)n2C[C@H]2CCCO2)cc1. The van der Waals surface area contributed by atoms with Crippen LogP contribution in [0.5, 0.6) is 5.75 Å². The highest BCUT2D eigenvalue weighted by atomic mass is 32.2. The molecule has 10 nitrogen and oxygen atoms in total. The fraction of sp³-hybridized carbons (Fsp3) is 0.467. The number of hydrogen-bond donors (Lipinski definition) is 0. The van der Waals surface area contributed by atoms with E-state index in [0.717, 1.165) is 25.9 Å². The Balaban J connectivity index is 1.44. The normalized spacial score (nSPS) is 17.8. The van der Waals surface area contributed by atoms with E-state index in [4.69, 9.17) is 14.2 Å². The molecule has 1 aromatic heterocycles. The Labute approximate surface area is 245 Å². The molecule has 0 bridgehead atoms. The maximum absolute atomic E-state index is 13.8. The molecule has 0 aliphatic carbocycles. The predicted octanol–water partition coefficient (Wildman–Crippen LogP) is 3.16. The maximum atomic E-state index is 13.8. The number of benzene rings is 2. The lowest BCUT2D eigenvalue weighted by molar-refractivity contribution is 0.0318. The molecular formula is C30H37FN4O6S. The van der Waals surface area contributed by atoms with Crippen LogP contribution >= 0.6 is 0 Å². The smallest absolute Gasteiger partial charge is 0.254 e. The van der Waals surface area contributed by atoms with E-state index in [1.807, 2.05) is 0 Å². The van der Waals surface area contributed by atoms with Gasteiger partial charge in [0.15, 0.2) is 0 Å². The minimum Gasteiger partial charge on any atom is -0.497 e. The summed E-state index contributed by atoms with van der Waals surface area (Å²) in [6, 6.07) is 12.4. The van der Waals surface area contributed by atoms with Gasteiger partial charge in [0.2, 0.25) is 15.0 Å². The van der Waals surface area contributed by atoms with Gasteiger partial charge in [-0.2, -0.15) is 0 Å². The van der Waals surface area contributed by atoms with Crippen LogP contribution in [0.2, 0.25) is 0 Å². The zero-order valence-electron chi connectivity index (χ0n) is 23.8. The zero-order chi connectivity index (χ0) is 29.5. The van der Waals surface area contributed by atoms with Gasteiger partial charge in [0.25, 0.3) is 5.91 Å². The van der Waals surface area contributed by atoms with Crippen LogP contribution in [-0.2, 0) is 38.2 Å². The van der Waals surface area contributed by atoms with E-state index < -0.39 is 15.7 Å². The number of ether oxygens (including phenoxy) is 3. The average molecular weight is 601 g/mol. The Morgan fingerprint density at radius 3 is 2.50 bits per heavy atom. The molecule has 42 heavy (non-hydrogen) atoms. The van der Waals surface area contributed by atoms with E-state index in [-0.39, 0.29) is 29.5 Å². The lowest BCUT2D eigenvalue weighted by atomic mass is 10.2. The van der Waals surface area contributed by atoms with Crippen LogP contribution in [0.15, 0.2) is 59.9 Å². The number of nitrogens with zero attached hydrogens (tertiary/aromatic N) is 4. The number of imidazole rings is 1. The first-order valence-corrected chi connectivity index (χ1v) is 15.8. The molecule has 0 N–H and O–H groups in total. The molecule has 5 rings (SSSR count). The van der Waals surface area contributed by atoms with Crippen molar-refractivity contribution in [1.82, 2.24) is 19.4 Å². The number of morpholine rings is 1. The van der Waals surface area contributed by atoms with Crippen LogP contribution in [-0.4, -0.2) is 92.9 Å². The van der Waals surface area contributed by atoms with E-state index in [0.29, 0.717) is 62.0 Å². The van der Waals surface area contributed by atoms with Crippen molar-refractivity contribution in [3.05, 3.63) is 77.4 Å². The topological polar surface area (TPSA) is 103 Å². The van der Waals surface area contributed by atoms with Crippen LogP contribution in [0, 0.1) is 5.82 Å². The highest BCUT2D eigenvalue weighted by molar-refractivity contribution is 7.90. The van der Waals surface area contributed by atoms with Gasteiger partial charge in [0.1, 0.15) is 11.6 Å². The van der Waals surface area contributed by atoms with Crippen molar-refractivity contribution in [3.63, 3.8) is 0 Å². The van der Waals surface area contributed by atoms with E-state index in [9.17, 15) is 17.6 Å². The van der Waals surface area contributed by atoms with Gasteiger partial charge >= 0.3 is 0 Å². The van der Waals surface area contributed by atoms with E-state index >= 15 is 0 Å². The Kier molecular flexibility index (Phi) is 9.88. The molecule has 226 valence electrons. The Hall–Kier alpha value is -3.32. The zero-order valence-corrected chi connectivity index (χ0v) is 24.6. The minimum atomic E-state index is -3.89. The summed E-state index contributed by atoms with van der Waals surface area (Å²) in [6.07, 6.45) is 3.08. The molecule has 0 unspecified atom stereocenters. The summed E-state index contributed by atoms with van der Waals surface area (Å²) in [5.74, 6) is -0.276. The minimum absolute atomic E-state index is 0.0812. The molecule has 2 saturated heterocycles. The molecule has 2 aromatic carbocycles. The fourth-order valence-corrected chi connectivity index (χ4v) is 6.77. The fourth-order valence-electron chi connectivity index (χ4n) is 5.27. The van der Waals surface area contributed by atoms with E-state index in [1.165, 1.54) is 30.5 Å². The predicted molar refractivity (Wildman–Crippen MR) is 153 cm³/mol. The second-order valence-electron chi connectivity index (χ2n) is 10.6. The lowest BCUT2D eigenvalue weighted by Crippen LogP contribution is -2.43. The number of carbonyl (C=O) groups excluding carboxylic acids is 1. The van der Waals surface area contributed by atoms with Crippen LogP contribution in [0.1, 0.15) is 34.5 Å². The third-order valence-electron chi connectivity index (χ3n) is 7.63. The largest absolute Gasteiger partial charge is 0.497 e. The molecule has 3 heterocycles. The molecule has 0 saturated carbocycles. The van der Waals surface area contributed by atoms with Gasteiger partial charge in [0.05, 0.1) is 57.2 Å². The van der Waals surface area contributed by atoms with Gasteiger partial charge in [0, 0.05) is 38.3 Å². The van der Waals surface area contributed by atoms with Crippen LogP contribution in [0.25, 0.3) is 0 Å². The number of hydrogen-bond acceptors (Lipinski definition) is 8. The van der Waals surface area contributed by atoms with Crippen molar-refractivity contribution in [2.24, 2.45) is 0 Å². The number of rotatable bonds is 12. The number of amides is 1. The van der Waals surface area contributed by atoms with Gasteiger partial charge in [-0.05, 0) is 54.8 Å². The monoisotopic (exact) mass is 600 g/mol. The van der Waals surface area contributed by atoms with Crippen molar-refractivity contribution in [1.29, 1.82) is 0 Å². The molecule has 1 atom stereocenters. The summed E-state index contributed by atoms with van der Waals surface area (Å²) in [6.45, 7) is 5.05. The Morgan fingerprint density at radius 2 is 1.83 bits per heavy atom. The molecule has 12 heteroatoms. The summed E-state index contributed by atoms with van der Waals surface area (Å²) >= 11 is 0. The number of halogens is 1. The molecule has 2 fully saturated rings. The third kappa shape index (κ3) is 7.54. The van der Waals surface area contributed by atoms with Gasteiger partial charge in [-0.25, -0.2) is 17.8 Å². The van der Waals surface area contributed by atoms with E-state index in [1.54, 1.807) is 40.8 Å². The second-order valence-corrected chi connectivity index (χ2v) is 12.5. The molecule has 2 aliphatic heterocycles. The Morgan fingerprint density at radius 1 is 1.10 bits per heavy atom. The first-order valence-electron chi connectivity index (χ1n) is 14.2. The van der Waals surface area contributed by atoms with Crippen LogP contribution < -0.4 is 4.74 Å². The van der Waals surface area contributed by atoms with Crippen molar-refractivity contribution in [3.8, 4) is 5.75 Å². The first kappa shape index (κ1) is 30.1. The van der Waals surface area contributed by atoms with E-state index in [2.05, 4.69) is 9.88 Å². The van der Waals surface area contributed by atoms with Crippen LogP contribution in [0.3, 0.4) is 0 Å². The molecule has 1 amide bonds.